The van der Waals surface area contributed by atoms with Gasteiger partial charge in [0, 0.05) is 31.9 Å². The summed E-state index contributed by atoms with van der Waals surface area (Å²) in [5, 5.41) is 0. The Morgan fingerprint density at radius 3 is 2.55 bits per heavy atom. The monoisotopic (exact) mass is 394 g/mol. The van der Waals surface area contributed by atoms with Gasteiger partial charge in [0.1, 0.15) is 0 Å². The lowest BCUT2D eigenvalue weighted by molar-refractivity contribution is 0.0705. The van der Waals surface area contributed by atoms with Crippen LogP contribution in [0.2, 0.25) is 0 Å². The topological polar surface area (TPSA) is 58.4 Å². The van der Waals surface area contributed by atoms with E-state index in [1.807, 2.05) is 47.6 Å². The van der Waals surface area contributed by atoms with Gasteiger partial charge in [0.15, 0.2) is 11.5 Å². The number of nitrogens with zero attached hydrogens (tertiary/aromatic N) is 4. The molecule has 2 aliphatic rings. The Labute approximate surface area is 172 Å². The van der Waals surface area contributed by atoms with Crippen LogP contribution in [0.25, 0.3) is 0 Å². The molecule has 6 heteroatoms. The highest BCUT2D eigenvalue weighted by Crippen LogP contribution is 2.26. The zero-order valence-corrected chi connectivity index (χ0v) is 17.5. The number of fused-ring (bicyclic) bond motifs is 1. The van der Waals surface area contributed by atoms with Crippen molar-refractivity contribution >= 4 is 17.5 Å². The lowest BCUT2D eigenvalue weighted by atomic mass is 10.1. The van der Waals surface area contributed by atoms with Crippen LogP contribution in [0.4, 0.5) is 5.69 Å². The number of hydrogen-bond donors (Lipinski definition) is 0. The van der Waals surface area contributed by atoms with E-state index in [-0.39, 0.29) is 11.8 Å². The van der Waals surface area contributed by atoms with E-state index in [9.17, 15) is 9.59 Å². The number of carbonyl (C=O) groups is 2. The minimum absolute atomic E-state index is 0.0227. The summed E-state index contributed by atoms with van der Waals surface area (Å²) in [6.45, 7) is 6.90. The Morgan fingerprint density at radius 2 is 1.83 bits per heavy atom. The molecule has 2 aliphatic heterocycles. The second-order valence-corrected chi connectivity index (χ2v) is 8.08. The quantitative estimate of drug-likeness (QED) is 0.792. The number of anilines is 1. The number of piperidine rings is 1. The Hall–Kier alpha value is -2.63. The van der Waals surface area contributed by atoms with E-state index in [2.05, 4.69) is 4.98 Å². The first-order chi connectivity index (χ1) is 14.1. The molecule has 1 fully saturated rings. The highest BCUT2D eigenvalue weighted by molar-refractivity contribution is 6.06. The van der Waals surface area contributed by atoms with Crippen molar-refractivity contribution in [1.82, 2.24) is 14.5 Å². The molecule has 3 heterocycles. The van der Waals surface area contributed by atoms with Crippen LogP contribution in [0.15, 0.2) is 24.3 Å². The number of aryl methyl sites for hydroxylation is 1. The van der Waals surface area contributed by atoms with Gasteiger partial charge in [0.2, 0.25) is 0 Å². The van der Waals surface area contributed by atoms with Gasteiger partial charge in [-0.05, 0) is 70.1 Å². The molecule has 1 aromatic heterocycles. The Bertz CT molecular complexity index is 912. The van der Waals surface area contributed by atoms with Gasteiger partial charge in [-0.2, -0.15) is 0 Å². The van der Waals surface area contributed by atoms with Crippen molar-refractivity contribution in [2.75, 3.05) is 24.5 Å². The molecule has 29 heavy (non-hydrogen) atoms. The Kier molecular flexibility index (Phi) is 5.69. The minimum Gasteiger partial charge on any atom is -0.336 e. The second-order valence-electron chi connectivity index (χ2n) is 8.08. The maximum Gasteiger partial charge on any atom is 0.289 e. The number of rotatable bonds is 4. The highest BCUT2D eigenvalue weighted by Gasteiger charge is 2.32. The van der Waals surface area contributed by atoms with Crippen LogP contribution < -0.4 is 4.90 Å². The summed E-state index contributed by atoms with van der Waals surface area (Å²) in [4.78, 5) is 35.0. The SMILES string of the molecule is CCN(C(=O)c1nc(C(=O)N2CCCCC2)n2c1CCCC2)c1cccc(C)c1. The van der Waals surface area contributed by atoms with Crippen LogP contribution in [-0.2, 0) is 13.0 Å². The summed E-state index contributed by atoms with van der Waals surface area (Å²) >= 11 is 0. The minimum atomic E-state index is -0.110. The number of carbonyl (C=O) groups excluding carboxylic acids is 2. The van der Waals surface area contributed by atoms with E-state index in [4.69, 9.17) is 0 Å². The average Bonchev–Trinajstić information content (AvgIpc) is 3.14. The summed E-state index contributed by atoms with van der Waals surface area (Å²) in [7, 11) is 0. The van der Waals surface area contributed by atoms with Crippen molar-refractivity contribution in [2.24, 2.45) is 0 Å². The molecule has 154 valence electrons. The molecule has 0 N–H and O–H groups in total. The molecule has 2 amide bonds. The molecular weight excluding hydrogens is 364 g/mol. The van der Waals surface area contributed by atoms with Gasteiger partial charge >= 0.3 is 0 Å². The predicted octanol–water partition coefficient (Wildman–Crippen LogP) is 3.82. The molecule has 0 radical (unpaired) electrons. The Morgan fingerprint density at radius 1 is 1.07 bits per heavy atom. The molecule has 2 aromatic rings. The fourth-order valence-electron chi connectivity index (χ4n) is 4.48. The first-order valence-electron chi connectivity index (χ1n) is 10.9. The fourth-order valence-corrected chi connectivity index (χ4v) is 4.48. The van der Waals surface area contributed by atoms with Gasteiger partial charge in [0.05, 0.1) is 5.69 Å². The summed E-state index contributed by atoms with van der Waals surface area (Å²) < 4.78 is 2.01. The van der Waals surface area contributed by atoms with Crippen LogP contribution in [-0.4, -0.2) is 45.9 Å². The van der Waals surface area contributed by atoms with Crippen LogP contribution in [0.1, 0.15) is 71.4 Å². The lowest BCUT2D eigenvalue weighted by Gasteiger charge is -2.27. The molecule has 6 nitrogen and oxygen atoms in total. The van der Waals surface area contributed by atoms with Gasteiger partial charge in [-0.25, -0.2) is 4.98 Å². The second kappa shape index (κ2) is 8.39. The summed E-state index contributed by atoms with van der Waals surface area (Å²) in [6.07, 6.45) is 6.11. The first-order valence-corrected chi connectivity index (χ1v) is 10.9. The molecule has 0 saturated carbocycles. The number of benzene rings is 1. The smallest absolute Gasteiger partial charge is 0.289 e. The van der Waals surface area contributed by atoms with Crippen LogP contribution in [0.3, 0.4) is 0 Å². The van der Waals surface area contributed by atoms with E-state index >= 15 is 0 Å². The van der Waals surface area contributed by atoms with Crippen molar-refractivity contribution in [1.29, 1.82) is 0 Å². The average molecular weight is 395 g/mol. The predicted molar refractivity (Wildman–Crippen MR) is 113 cm³/mol. The molecule has 0 aliphatic carbocycles. The number of imidazole rings is 1. The summed E-state index contributed by atoms with van der Waals surface area (Å²) in [6, 6.07) is 7.96. The summed E-state index contributed by atoms with van der Waals surface area (Å²) in [5.74, 6) is 0.317. The van der Waals surface area contributed by atoms with Crippen molar-refractivity contribution in [3.05, 3.63) is 47.0 Å². The highest BCUT2D eigenvalue weighted by atomic mass is 16.2. The van der Waals surface area contributed by atoms with Gasteiger partial charge in [-0.1, -0.05) is 12.1 Å². The molecule has 0 unspecified atom stereocenters. The normalized spacial score (nSPS) is 16.4. The summed E-state index contributed by atoms with van der Waals surface area (Å²) in [5.41, 5.74) is 3.36. The zero-order chi connectivity index (χ0) is 20.4. The van der Waals surface area contributed by atoms with E-state index in [1.165, 1.54) is 6.42 Å². The van der Waals surface area contributed by atoms with Crippen molar-refractivity contribution in [3.8, 4) is 0 Å². The van der Waals surface area contributed by atoms with E-state index < -0.39 is 0 Å². The van der Waals surface area contributed by atoms with Crippen molar-refractivity contribution in [3.63, 3.8) is 0 Å². The van der Waals surface area contributed by atoms with Gasteiger partial charge in [-0.3, -0.25) is 9.59 Å². The lowest BCUT2D eigenvalue weighted by Crippen LogP contribution is -2.37. The number of amides is 2. The number of likely N-dealkylation sites (tertiary alicyclic amines) is 1. The van der Waals surface area contributed by atoms with Crippen molar-refractivity contribution < 1.29 is 9.59 Å². The molecule has 0 atom stereocenters. The maximum atomic E-state index is 13.5. The molecule has 0 spiro atoms. The number of hydrogen-bond acceptors (Lipinski definition) is 3. The van der Waals surface area contributed by atoms with E-state index in [0.29, 0.717) is 18.1 Å². The third-order valence-electron chi connectivity index (χ3n) is 6.03. The van der Waals surface area contributed by atoms with Gasteiger partial charge in [-0.15, -0.1) is 0 Å². The molecule has 0 bridgehead atoms. The van der Waals surface area contributed by atoms with Crippen molar-refractivity contribution in [2.45, 2.75) is 58.9 Å². The maximum absolute atomic E-state index is 13.5. The molecular formula is C23H30N4O2. The first kappa shape index (κ1) is 19.7. The van der Waals surface area contributed by atoms with Gasteiger partial charge in [0.25, 0.3) is 11.8 Å². The van der Waals surface area contributed by atoms with Gasteiger partial charge < -0.3 is 14.4 Å². The standard InChI is InChI=1S/C23H30N4O2/c1-3-26(18-11-9-10-17(2)16-18)22(28)20-19-12-5-8-15-27(19)21(24-20)23(29)25-13-6-4-7-14-25/h9-11,16H,3-8,12-15H2,1-2H3. The largest absolute Gasteiger partial charge is 0.336 e. The van der Waals surface area contributed by atoms with E-state index in [0.717, 1.165) is 68.7 Å². The van der Waals surface area contributed by atoms with Crippen LogP contribution in [0.5, 0.6) is 0 Å². The molecule has 4 rings (SSSR count). The molecule has 1 aromatic carbocycles. The molecule has 1 saturated heterocycles. The third kappa shape index (κ3) is 3.80. The fraction of sp³-hybridized carbons (Fsp3) is 0.522. The van der Waals surface area contributed by atoms with Crippen LogP contribution in [0, 0.1) is 6.92 Å². The zero-order valence-electron chi connectivity index (χ0n) is 17.5. The third-order valence-corrected chi connectivity index (χ3v) is 6.03. The van der Waals surface area contributed by atoms with E-state index in [1.54, 1.807) is 4.90 Å². The Balaban J connectivity index is 1.70. The van der Waals surface area contributed by atoms with Crippen LogP contribution >= 0.6 is 0 Å². The number of aromatic nitrogens is 2.